The summed E-state index contributed by atoms with van der Waals surface area (Å²) in [6.07, 6.45) is 3.64. The van der Waals surface area contributed by atoms with Crippen LogP contribution in [0, 0.1) is 0 Å². The maximum Gasteiger partial charge on any atom is 0.260 e. The van der Waals surface area contributed by atoms with Crippen LogP contribution in [0.5, 0.6) is 0 Å². The summed E-state index contributed by atoms with van der Waals surface area (Å²) in [5.74, 6) is 0.922. The molecule has 1 saturated carbocycles. The molecule has 3 aromatic rings. The largest absolute Gasteiger partial charge is 0.452 e. The van der Waals surface area contributed by atoms with Crippen molar-refractivity contribution in [3.63, 3.8) is 0 Å². The first-order chi connectivity index (χ1) is 10.2. The molecule has 1 aliphatic carbocycles. The van der Waals surface area contributed by atoms with Crippen molar-refractivity contribution < 1.29 is 13.6 Å². The Morgan fingerprint density at radius 1 is 1.33 bits per heavy atom. The number of furan rings is 1. The van der Waals surface area contributed by atoms with Gasteiger partial charge < -0.3 is 14.2 Å². The highest BCUT2D eigenvalue weighted by atomic mass is 35.5. The van der Waals surface area contributed by atoms with Crippen molar-refractivity contribution in [1.29, 1.82) is 0 Å². The number of carbonyl (C=O) groups excluding carboxylic acids is 1. The molecule has 0 aliphatic heterocycles. The van der Waals surface area contributed by atoms with Crippen molar-refractivity contribution in [2.75, 3.05) is 5.32 Å². The molecule has 106 valence electrons. The first kappa shape index (κ1) is 12.5. The Hall–Kier alpha value is -2.27. The van der Waals surface area contributed by atoms with E-state index in [0.717, 1.165) is 29.8 Å². The Morgan fingerprint density at radius 2 is 2.19 bits per heavy atom. The Labute approximate surface area is 124 Å². The van der Waals surface area contributed by atoms with E-state index in [0.29, 0.717) is 17.2 Å². The zero-order valence-electron chi connectivity index (χ0n) is 10.9. The fraction of sp³-hybridized carbons (Fsp3) is 0.200. The zero-order chi connectivity index (χ0) is 14.4. The van der Waals surface area contributed by atoms with Gasteiger partial charge in [-0.25, -0.2) is 4.98 Å². The van der Waals surface area contributed by atoms with Crippen LogP contribution in [0.15, 0.2) is 39.4 Å². The number of amides is 1. The topological polar surface area (TPSA) is 68.3 Å². The summed E-state index contributed by atoms with van der Waals surface area (Å²) in [4.78, 5) is 16.5. The average Bonchev–Trinajstić information content (AvgIpc) is 3.09. The third-order valence-corrected chi connectivity index (χ3v) is 3.74. The lowest BCUT2D eigenvalue weighted by molar-refractivity contribution is 0.102. The summed E-state index contributed by atoms with van der Waals surface area (Å²) in [6.45, 7) is 0. The molecule has 0 spiro atoms. The third-order valence-electron chi connectivity index (χ3n) is 3.45. The molecule has 5 nitrogen and oxygen atoms in total. The minimum atomic E-state index is -0.320. The quantitative estimate of drug-likeness (QED) is 0.787. The van der Waals surface area contributed by atoms with Crippen LogP contribution < -0.4 is 5.32 Å². The van der Waals surface area contributed by atoms with Crippen molar-refractivity contribution in [2.24, 2.45) is 0 Å². The molecule has 0 bridgehead atoms. The highest BCUT2D eigenvalue weighted by Crippen LogP contribution is 2.40. The first-order valence-corrected chi connectivity index (χ1v) is 7.03. The standard InChI is InChI=1S/C15H11ClN2O3/c16-13-10(5-6-20-13)14(19)17-9-3-4-12-11(7-9)18-15(21-12)8-1-2-8/h3-8H,1-2H2,(H,17,19). The molecular weight excluding hydrogens is 292 g/mol. The molecule has 1 N–H and O–H groups in total. The summed E-state index contributed by atoms with van der Waals surface area (Å²) in [6, 6.07) is 6.89. The van der Waals surface area contributed by atoms with Gasteiger partial charge in [0.05, 0.1) is 11.8 Å². The average molecular weight is 303 g/mol. The van der Waals surface area contributed by atoms with Crippen molar-refractivity contribution in [2.45, 2.75) is 18.8 Å². The molecule has 0 atom stereocenters. The van der Waals surface area contributed by atoms with Gasteiger partial charge in [0.1, 0.15) is 5.52 Å². The number of rotatable bonds is 3. The number of fused-ring (bicyclic) bond motifs is 1. The SMILES string of the molecule is O=C(Nc1ccc2oc(C3CC3)nc2c1)c1ccoc1Cl. The van der Waals surface area contributed by atoms with Crippen LogP contribution in [0.25, 0.3) is 11.1 Å². The van der Waals surface area contributed by atoms with Gasteiger partial charge in [-0.2, -0.15) is 0 Å². The fourth-order valence-corrected chi connectivity index (χ4v) is 2.38. The number of halogens is 1. The summed E-state index contributed by atoms with van der Waals surface area (Å²) in [5.41, 5.74) is 2.42. The number of hydrogen-bond acceptors (Lipinski definition) is 4. The van der Waals surface area contributed by atoms with Crippen LogP contribution in [0.4, 0.5) is 5.69 Å². The Kier molecular flexibility index (Phi) is 2.75. The molecule has 0 unspecified atom stereocenters. The molecule has 1 aromatic carbocycles. The summed E-state index contributed by atoms with van der Waals surface area (Å²) in [7, 11) is 0. The Morgan fingerprint density at radius 3 is 2.90 bits per heavy atom. The molecule has 6 heteroatoms. The van der Waals surface area contributed by atoms with Crippen LogP contribution in [0.3, 0.4) is 0 Å². The number of oxazole rings is 1. The number of nitrogens with one attached hydrogen (secondary N) is 1. The van der Waals surface area contributed by atoms with Gasteiger partial charge in [-0.1, -0.05) is 0 Å². The van der Waals surface area contributed by atoms with Gasteiger partial charge in [-0.15, -0.1) is 0 Å². The molecule has 1 amide bonds. The molecule has 2 heterocycles. The third kappa shape index (κ3) is 2.29. The number of anilines is 1. The smallest absolute Gasteiger partial charge is 0.260 e. The first-order valence-electron chi connectivity index (χ1n) is 6.65. The van der Waals surface area contributed by atoms with Crippen LogP contribution in [0.1, 0.15) is 35.0 Å². The number of carbonyl (C=O) groups is 1. The van der Waals surface area contributed by atoms with Gasteiger partial charge in [-0.05, 0) is 48.7 Å². The second-order valence-corrected chi connectivity index (χ2v) is 5.41. The fourth-order valence-electron chi connectivity index (χ4n) is 2.18. The molecule has 4 rings (SSSR count). The highest BCUT2D eigenvalue weighted by molar-refractivity contribution is 6.32. The van der Waals surface area contributed by atoms with Crippen LogP contribution in [-0.4, -0.2) is 10.9 Å². The van der Waals surface area contributed by atoms with E-state index in [4.69, 9.17) is 20.4 Å². The second-order valence-electron chi connectivity index (χ2n) is 5.07. The zero-order valence-corrected chi connectivity index (χ0v) is 11.7. The minimum absolute atomic E-state index is 0.0750. The highest BCUT2D eigenvalue weighted by Gasteiger charge is 2.28. The van der Waals surface area contributed by atoms with E-state index < -0.39 is 0 Å². The molecule has 2 aromatic heterocycles. The van der Waals surface area contributed by atoms with Crippen LogP contribution in [-0.2, 0) is 0 Å². The van der Waals surface area contributed by atoms with Gasteiger partial charge in [0.15, 0.2) is 11.5 Å². The number of nitrogens with zero attached hydrogens (tertiary/aromatic N) is 1. The van der Waals surface area contributed by atoms with E-state index in [-0.39, 0.29) is 11.1 Å². The van der Waals surface area contributed by atoms with Crippen molar-refractivity contribution in [1.82, 2.24) is 4.98 Å². The van der Waals surface area contributed by atoms with Crippen LogP contribution >= 0.6 is 11.6 Å². The Balaban J connectivity index is 1.61. The molecular formula is C15H11ClN2O3. The van der Waals surface area contributed by atoms with Crippen molar-refractivity contribution in [3.8, 4) is 0 Å². The predicted molar refractivity (Wildman–Crippen MR) is 77.7 cm³/mol. The summed E-state index contributed by atoms with van der Waals surface area (Å²) >= 11 is 5.79. The van der Waals surface area contributed by atoms with Gasteiger partial charge in [0, 0.05) is 11.6 Å². The molecule has 0 saturated heterocycles. The van der Waals surface area contributed by atoms with Crippen molar-refractivity contribution >= 4 is 34.3 Å². The van der Waals surface area contributed by atoms with Crippen molar-refractivity contribution in [3.05, 3.63) is 47.2 Å². The number of aromatic nitrogens is 1. The monoisotopic (exact) mass is 302 g/mol. The van der Waals surface area contributed by atoms with Gasteiger partial charge in [-0.3, -0.25) is 4.79 Å². The van der Waals surface area contributed by atoms with Gasteiger partial charge in [0.25, 0.3) is 5.91 Å². The lowest BCUT2D eigenvalue weighted by Gasteiger charge is -2.03. The normalized spacial score (nSPS) is 14.5. The van der Waals surface area contributed by atoms with Crippen LogP contribution in [0.2, 0.25) is 5.22 Å². The molecule has 0 radical (unpaired) electrons. The molecule has 21 heavy (non-hydrogen) atoms. The lowest BCUT2D eigenvalue weighted by Crippen LogP contribution is -2.11. The second kappa shape index (κ2) is 4.63. The van der Waals surface area contributed by atoms with E-state index >= 15 is 0 Å². The minimum Gasteiger partial charge on any atom is -0.452 e. The van der Waals surface area contributed by atoms with Gasteiger partial charge in [0.2, 0.25) is 5.22 Å². The van der Waals surface area contributed by atoms with E-state index in [1.165, 1.54) is 12.3 Å². The number of hydrogen-bond donors (Lipinski definition) is 1. The summed E-state index contributed by atoms with van der Waals surface area (Å²) in [5, 5.41) is 2.84. The lowest BCUT2D eigenvalue weighted by atomic mass is 10.2. The maximum absolute atomic E-state index is 12.1. The Bertz CT molecular complexity index is 832. The maximum atomic E-state index is 12.1. The van der Waals surface area contributed by atoms with E-state index in [2.05, 4.69) is 10.3 Å². The van der Waals surface area contributed by atoms with E-state index in [1.807, 2.05) is 0 Å². The molecule has 1 aliphatic rings. The number of benzene rings is 1. The summed E-state index contributed by atoms with van der Waals surface area (Å²) < 4.78 is 10.6. The van der Waals surface area contributed by atoms with E-state index in [1.54, 1.807) is 18.2 Å². The van der Waals surface area contributed by atoms with E-state index in [9.17, 15) is 4.79 Å². The predicted octanol–water partition coefficient (Wildman–Crippen LogP) is 4.20. The van der Waals surface area contributed by atoms with Gasteiger partial charge >= 0.3 is 0 Å². The molecule has 1 fully saturated rings.